The Balaban J connectivity index is 3.49. The fourth-order valence-corrected chi connectivity index (χ4v) is 0.981. The van der Waals surface area contributed by atoms with Gasteiger partial charge in [-0.15, -0.1) is 0 Å². The topological polar surface area (TPSA) is 102 Å². The van der Waals surface area contributed by atoms with E-state index in [1.807, 2.05) is 4.98 Å². The number of aromatic nitrogens is 1. The highest BCUT2D eigenvalue weighted by Crippen LogP contribution is 2.22. The monoisotopic (exact) mass is 203 g/mol. The summed E-state index contributed by atoms with van der Waals surface area (Å²) >= 11 is 0. The minimum atomic E-state index is -3.04. The highest BCUT2D eigenvalue weighted by molar-refractivity contribution is 5.98. The van der Waals surface area contributed by atoms with Gasteiger partial charge < -0.3 is 16.5 Å². The van der Waals surface area contributed by atoms with Crippen molar-refractivity contribution in [1.82, 2.24) is 4.98 Å². The van der Waals surface area contributed by atoms with Gasteiger partial charge >= 0.3 is 0 Å². The van der Waals surface area contributed by atoms with Crippen molar-refractivity contribution in [2.45, 2.75) is 6.43 Å². The van der Waals surface area contributed by atoms with Crippen LogP contribution in [0.4, 0.5) is 14.5 Å². The van der Waals surface area contributed by atoms with E-state index in [4.69, 9.17) is 11.5 Å². The summed E-state index contributed by atoms with van der Waals surface area (Å²) in [6.45, 7) is 0. The van der Waals surface area contributed by atoms with E-state index >= 15 is 0 Å². The summed E-state index contributed by atoms with van der Waals surface area (Å²) in [6.07, 6.45) is -2.13. The lowest BCUT2D eigenvalue weighted by atomic mass is 10.1. The predicted octanol–water partition coefficient (Wildman–Crippen LogP) is -0.00640. The van der Waals surface area contributed by atoms with Crippen LogP contribution in [-0.4, -0.2) is 10.9 Å². The van der Waals surface area contributed by atoms with Crippen LogP contribution in [0.1, 0.15) is 22.3 Å². The smallest absolute Gasteiger partial charge is 0.271 e. The van der Waals surface area contributed by atoms with Gasteiger partial charge in [0.1, 0.15) is 5.56 Å². The van der Waals surface area contributed by atoms with Crippen LogP contribution in [0.2, 0.25) is 0 Å². The summed E-state index contributed by atoms with van der Waals surface area (Å²) in [4.78, 5) is 23.5. The van der Waals surface area contributed by atoms with Gasteiger partial charge in [-0.2, -0.15) is 0 Å². The Hall–Kier alpha value is -1.92. The number of carbonyl (C=O) groups excluding carboxylic acids is 1. The number of aromatic amines is 1. The minimum absolute atomic E-state index is 0.320. The van der Waals surface area contributed by atoms with Gasteiger partial charge in [-0.25, -0.2) is 8.78 Å². The molecular formula is C7H7F2N3O2. The number of rotatable bonds is 2. The summed E-state index contributed by atoms with van der Waals surface area (Å²) < 4.78 is 24.6. The summed E-state index contributed by atoms with van der Waals surface area (Å²) in [6, 6.07) is 0. The van der Waals surface area contributed by atoms with Gasteiger partial charge in [0, 0.05) is 6.20 Å². The third kappa shape index (κ3) is 1.56. The van der Waals surface area contributed by atoms with Crippen LogP contribution in [0, 0.1) is 0 Å². The summed E-state index contributed by atoms with van der Waals surface area (Å²) in [5, 5.41) is 0. The highest BCUT2D eigenvalue weighted by atomic mass is 19.3. The number of alkyl halides is 2. The second-order valence-corrected chi connectivity index (χ2v) is 2.52. The molecule has 1 aromatic rings. The van der Waals surface area contributed by atoms with Crippen LogP contribution < -0.4 is 17.0 Å². The maximum atomic E-state index is 12.3. The molecule has 0 atom stereocenters. The van der Waals surface area contributed by atoms with Gasteiger partial charge in [-0.05, 0) is 0 Å². The van der Waals surface area contributed by atoms with Crippen molar-refractivity contribution in [2.75, 3.05) is 5.73 Å². The van der Waals surface area contributed by atoms with E-state index in [0.29, 0.717) is 0 Å². The molecule has 1 amide bonds. The van der Waals surface area contributed by atoms with Crippen LogP contribution in [0.5, 0.6) is 0 Å². The first kappa shape index (κ1) is 10.2. The molecule has 5 N–H and O–H groups in total. The molecule has 5 nitrogen and oxygen atoms in total. The summed E-state index contributed by atoms with van der Waals surface area (Å²) in [5.74, 6) is -0.972. The van der Waals surface area contributed by atoms with Crippen LogP contribution in [-0.2, 0) is 0 Å². The Kier molecular flexibility index (Phi) is 2.50. The third-order valence-corrected chi connectivity index (χ3v) is 1.66. The zero-order valence-electron chi connectivity index (χ0n) is 6.88. The van der Waals surface area contributed by atoms with E-state index in [0.717, 1.165) is 6.20 Å². The normalized spacial score (nSPS) is 10.5. The molecule has 0 aliphatic carbocycles. The molecule has 0 saturated carbocycles. The molecular weight excluding hydrogens is 196 g/mol. The molecule has 0 fully saturated rings. The molecule has 14 heavy (non-hydrogen) atoms. The molecule has 1 heterocycles. The number of anilines is 1. The molecule has 0 bridgehead atoms. The Morgan fingerprint density at radius 1 is 1.50 bits per heavy atom. The quantitative estimate of drug-likeness (QED) is 0.630. The molecule has 0 spiro atoms. The number of nitrogen functional groups attached to an aromatic ring is 1. The van der Waals surface area contributed by atoms with E-state index < -0.39 is 29.1 Å². The van der Waals surface area contributed by atoms with E-state index in [2.05, 4.69) is 0 Å². The fourth-order valence-electron chi connectivity index (χ4n) is 0.981. The van der Waals surface area contributed by atoms with Gasteiger partial charge in [0.05, 0.1) is 11.3 Å². The number of nitrogens with two attached hydrogens (primary N) is 2. The van der Waals surface area contributed by atoms with E-state index in [1.54, 1.807) is 0 Å². The Morgan fingerprint density at radius 3 is 2.50 bits per heavy atom. The van der Waals surface area contributed by atoms with Gasteiger partial charge in [-0.3, -0.25) is 9.59 Å². The lowest BCUT2D eigenvalue weighted by Gasteiger charge is -2.06. The molecule has 7 heteroatoms. The number of nitrogens with one attached hydrogen (secondary N) is 1. The predicted molar refractivity (Wildman–Crippen MR) is 44.9 cm³/mol. The number of H-pyrrole nitrogens is 1. The number of pyridine rings is 1. The van der Waals surface area contributed by atoms with Crippen molar-refractivity contribution in [2.24, 2.45) is 5.73 Å². The Morgan fingerprint density at radius 2 is 2.07 bits per heavy atom. The lowest BCUT2D eigenvalue weighted by Crippen LogP contribution is -2.22. The van der Waals surface area contributed by atoms with E-state index in [1.165, 1.54) is 0 Å². The number of halogens is 2. The van der Waals surface area contributed by atoms with Crippen molar-refractivity contribution in [3.05, 3.63) is 27.7 Å². The van der Waals surface area contributed by atoms with Crippen molar-refractivity contribution in [3.63, 3.8) is 0 Å². The molecule has 0 radical (unpaired) electrons. The van der Waals surface area contributed by atoms with Crippen molar-refractivity contribution in [3.8, 4) is 0 Å². The highest BCUT2D eigenvalue weighted by Gasteiger charge is 2.20. The molecule has 0 saturated heterocycles. The largest absolute Gasteiger partial charge is 0.397 e. The maximum Gasteiger partial charge on any atom is 0.271 e. The number of primary amides is 1. The Bertz CT molecular complexity index is 427. The standard InChI is InChI=1S/C7H7F2N3O2/c8-5(9)3-4(10)2(6(11)13)1-12-7(3)14/h1,5H,(H2,11,13)(H3,10,12,14). The lowest BCUT2D eigenvalue weighted by molar-refractivity contribution is 0.100. The van der Waals surface area contributed by atoms with Crippen LogP contribution >= 0.6 is 0 Å². The molecule has 0 aliphatic heterocycles. The molecule has 76 valence electrons. The van der Waals surface area contributed by atoms with Gasteiger partial charge in [0.25, 0.3) is 17.9 Å². The summed E-state index contributed by atoms with van der Waals surface area (Å²) in [7, 11) is 0. The van der Waals surface area contributed by atoms with E-state index in [9.17, 15) is 18.4 Å². The molecule has 1 rings (SSSR count). The van der Waals surface area contributed by atoms with Crippen LogP contribution in [0.15, 0.2) is 11.0 Å². The zero-order chi connectivity index (χ0) is 10.9. The Labute approximate surface area is 76.7 Å². The van der Waals surface area contributed by atoms with Gasteiger partial charge in [0.15, 0.2) is 0 Å². The molecule has 0 unspecified atom stereocenters. The zero-order valence-corrected chi connectivity index (χ0v) is 6.88. The first-order valence-corrected chi connectivity index (χ1v) is 3.54. The number of hydrogen-bond donors (Lipinski definition) is 3. The van der Waals surface area contributed by atoms with E-state index in [-0.39, 0.29) is 5.56 Å². The number of carbonyl (C=O) groups is 1. The van der Waals surface area contributed by atoms with Gasteiger partial charge in [-0.1, -0.05) is 0 Å². The third-order valence-electron chi connectivity index (χ3n) is 1.66. The first-order chi connectivity index (χ1) is 6.45. The molecule has 0 aromatic carbocycles. The minimum Gasteiger partial charge on any atom is -0.397 e. The molecule has 0 aliphatic rings. The average Bonchev–Trinajstić information content (AvgIpc) is 2.02. The van der Waals surface area contributed by atoms with Crippen LogP contribution in [0.25, 0.3) is 0 Å². The second-order valence-electron chi connectivity index (χ2n) is 2.52. The number of amides is 1. The fraction of sp³-hybridized carbons (Fsp3) is 0.143. The average molecular weight is 203 g/mol. The SMILES string of the molecule is NC(=O)c1c[nH]c(=O)c(C(F)F)c1N. The first-order valence-electron chi connectivity index (χ1n) is 3.54. The summed E-state index contributed by atoms with van der Waals surface area (Å²) in [5.41, 5.74) is 7.19. The van der Waals surface area contributed by atoms with Crippen molar-refractivity contribution >= 4 is 11.6 Å². The maximum absolute atomic E-state index is 12.3. The van der Waals surface area contributed by atoms with Crippen molar-refractivity contribution < 1.29 is 13.6 Å². The van der Waals surface area contributed by atoms with Crippen molar-refractivity contribution in [1.29, 1.82) is 0 Å². The second kappa shape index (κ2) is 3.44. The van der Waals surface area contributed by atoms with Gasteiger partial charge in [0.2, 0.25) is 0 Å². The van der Waals surface area contributed by atoms with Crippen LogP contribution in [0.3, 0.4) is 0 Å². The number of hydrogen-bond acceptors (Lipinski definition) is 3. The molecule has 1 aromatic heterocycles.